The fourth-order valence-corrected chi connectivity index (χ4v) is 4.38. The summed E-state index contributed by atoms with van der Waals surface area (Å²) in [6.45, 7) is 2.01. The third-order valence-electron chi connectivity index (χ3n) is 6.81. The van der Waals surface area contributed by atoms with Crippen molar-refractivity contribution in [2.75, 3.05) is 4.90 Å². The van der Waals surface area contributed by atoms with Crippen LogP contribution in [-0.4, -0.2) is 30.3 Å². The molecule has 3 fully saturated rings. The summed E-state index contributed by atoms with van der Waals surface area (Å²) < 4.78 is 22.0. The second-order valence-corrected chi connectivity index (χ2v) is 9.29. The smallest absolute Gasteiger partial charge is 0.230 e. The number of carbonyl (C=O) groups excluding carboxylic acids is 1. The van der Waals surface area contributed by atoms with Gasteiger partial charge in [-0.1, -0.05) is 0 Å². The molecule has 1 atom stereocenters. The van der Waals surface area contributed by atoms with Crippen molar-refractivity contribution in [2.45, 2.75) is 82.9 Å². The van der Waals surface area contributed by atoms with Gasteiger partial charge < -0.3 is 20.4 Å². The number of anilines is 1. The zero-order valence-corrected chi connectivity index (χ0v) is 17.5. The van der Waals surface area contributed by atoms with E-state index in [-0.39, 0.29) is 29.8 Å². The van der Waals surface area contributed by atoms with Crippen molar-refractivity contribution in [3.05, 3.63) is 29.2 Å². The molecule has 0 aromatic heterocycles. The number of benzene rings is 1. The Labute approximate surface area is 177 Å². The van der Waals surface area contributed by atoms with E-state index in [0.717, 1.165) is 56.9 Å². The quantitative estimate of drug-likeness (QED) is 0.646. The van der Waals surface area contributed by atoms with E-state index in [1.807, 2.05) is 13.1 Å². The second-order valence-electron chi connectivity index (χ2n) is 9.29. The Morgan fingerprint density at radius 3 is 2.60 bits per heavy atom. The van der Waals surface area contributed by atoms with Gasteiger partial charge in [0.15, 0.2) is 0 Å². The zero-order chi connectivity index (χ0) is 20.8. The Kier molecular flexibility index (Phi) is 5.03. The second kappa shape index (κ2) is 7.71. The number of nitrogens with zero attached hydrogens (tertiary/aromatic N) is 1. The van der Waals surface area contributed by atoms with Crippen molar-refractivity contribution in [2.24, 2.45) is 5.92 Å². The first kappa shape index (κ1) is 19.6. The van der Waals surface area contributed by atoms with Crippen LogP contribution in [-0.2, 0) is 11.2 Å². The van der Waals surface area contributed by atoms with Gasteiger partial charge in [-0.2, -0.15) is 0 Å². The van der Waals surface area contributed by atoms with E-state index in [4.69, 9.17) is 10.1 Å². The van der Waals surface area contributed by atoms with Crippen LogP contribution in [0.1, 0.15) is 69.4 Å². The molecule has 0 saturated heterocycles. The fourth-order valence-electron chi connectivity index (χ4n) is 4.38. The number of nitrogens with one attached hydrogen (secondary N) is 2. The molecule has 1 heterocycles. The van der Waals surface area contributed by atoms with Crippen LogP contribution < -0.4 is 15.0 Å². The molecular weight excluding hydrogens is 381 g/mol. The standard InChI is InChI=1S/C24H30FN3O2/c1-14-5-10-19-22(28(14)24(29)15-6-7-15)21(25)11-20(23(19)30-18-3-2-4-18)16(12-26)13-27-17-8-9-17/h11-15,17-18,26-27H,2-10H2,1H3/b16-13+,26-12?. The molecule has 0 spiro atoms. The number of halogens is 1. The summed E-state index contributed by atoms with van der Waals surface area (Å²) in [5.74, 6) is 0.362. The van der Waals surface area contributed by atoms with Crippen LogP contribution in [0.15, 0.2) is 12.3 Å². The molecule has 0 bridgehead atoms. The summed E-state index contributed by atoms with van der Waals surface area (Å²) in [6, 6.07) is 1.91. The Morgan fingerprint density at radius 2 is 2.00 bits per heavy atom. The molecular formula is C24H30FN3O2. The molecule has 1 aliphatic heterocycles. The van der Waals surface area contributed by atoms with Gasteiger partial charge in [0.05, 0.1) is 11.8 Å². The van der Waals surface area contributed by atoms with Gasteiger partial charge >= 0.3 is 0 Å². The first-order valence-electron chi connectivity index (χ1n) is 11.4. The maximum Gasteiger partial charge on any atom is 0.230 e. The molecule has 0 radical (unpaired) electrons. The Balaban J connectivity index is 1.61. The third kappa shape index (κ3) is 3.61. The van der Waals surface area contributed by atoms with E-state index in [1.165, 1.54) is 12.3 Å². The topological polar surface area (TPSA) is 65.4 Å². The van der Waals surface area contributed by atoms with Gasteiger partial charge in [0.25, 0.3) is 0 Å². The van der Waals surface area contributed by atoms with Gasteiger partial charge in [0, 0.05) is 47.1 Å². The molecule has 1 aromatic carbocycles. The van der Waals surface area contributed by atoms with Crippen LogP contribution in [0.4, 0.5) is 10.1 Å². The average molecular weight is 412 g/mol. The highest BCUT2D eigenvalue weighted by molar-refractivity contribution is 6.10. The van der Waals surface area contributed by atoms with Crippen molar-refractivity contribution in [1.29, 1.82) is 5.41 Å². The van der Waals surface area contributed by atoms with Crippen LogP contribution in [0.2, 0.25) is 0 Å². The Morgan fingerprint density at radius 1 is 1.23 bits per heavy atom. The summed E-state index contributed by atoms with van der Waals surface area (Å²) in [4.78, 5) is 14.7. The van der Waals surface area contributed by atoms with Crippen molar-refractivity contribution < 1.29 is 13.9 Å². The van der Waals surface area contributed by atoms with Crippen LogP contribution in [0.25, 0.3) is 5.57 Å². The third-order valence-corrected chi connectivity index (χ3v) is 6.81. The minimum atomic E-state index is -0.388. The first-order valence-corrected chi connectivity index (χ1v) is 11.4. The van der Waals surface area contributed by atoms with E-state index >= 15 is 4.39 Å². The lowest BCUT2D eigenvalue weighted by atomic mass is 9.90. The molecule has 5 nitrogen and oxygen atoms in total. The number of hydrogen-bond acceptors (Lipinski definition) is 4. The normalized spacial score (nSPS) is 24.1. The molecule has 5 rings (SSSR count). The summed E-state index contributed by atoms with van der Waals surface area (Å²) in [5.41, 5.74) is 2.44. The fraction of sp³-hybridized carbons (Fsp3) is 0.583. The number of carbonyl (C=O) groups is 1. The van der Waals surface area contributed by atoms with Gasteiger partial charge in [-0.05, 0) is 70.8 Å². The van der Waals surface area contributed by atoms with Gasteiger partial charge in [0.1, 0.15) is 11.6 Å². The molecule has 1 unspecified atom stereocenters. The van der Waals surface area contributed by atoms with Crippen molar-refractivity contribution >= 4 is 23.4 Å². The number of fused-ring (bicyclic) bond motifs is 1. The summed E-state index contributed by atoms with van der Waals surface area (Å²) in [7, 11) is 0. The molecule has 1 amide bonds. The maximum absolute atomic E-state index is 15.5. The Bertz CT molecular complexity index is 900. The van der Waals surface area contributed by atoms with Crippen molar-refractivity contribution in [1.82, 2.24) is 5.32 Å². The number of allylic oxidation sites excluding steroid dienone is 1. The molecule has 4 aliphatic rings. The first-order chi connectivity index (χ1) is 14.6. The van der Waals surface area contributed by atoms with Gasteiger partial charge in [0.2, 0.25) is 5.91 Å². The van der Waals surface area contributed by atoms with Crippen molar-refractivity contribution in [3.8, 4) is 5.75 Å². The summed E-state index contributed by atoms with van der Waals surface area (Å²) in [6.07, 6.45) is 11.9. The number of hydrogen-bond donors (Lipinski definition) is 2. The summed E-state index contributed by atoms with van der Waals surface area (Å²) in [5, 5.41) is 11.3. The number of amides is 1. The highest BCUT2D eigenvalue weighted by Crippen LogP contribution is 2.46. The predicted octanol–water partition coefficient (Wildman–Crippen LogP) is 4.58. The molecule has 30 heavy (non-hydrogen) atoms. The summed E-state index contributed by atoms with van der Waals surface area (Å²) >= 11 is 0. The van der Waals surface area contributed by atoms with Gasteiger partial charge in [-0.25, -0.2) is 4.39 Å². The molecule has 3 saturated carbocycles. The molecule has 160 valence electrons. The zero-order valence-electron chi connectivity index (χ0n) is 17.5. The van der Waals surface area contributed by atoms with Gasteiger partial charge in [-0.15, -0.1) is 0 Å². The lowest BCUT2D eigenvalue weighted by Gasteiger charge is -2.38. The van der Waals surface area contributed by atoms with Crippen LogP contribution in [0.5, 0.6) is 5.75 Å². The minimum Gasteiger partial charge on any atom is -0.489 e. The van der Waals surface area contributed by atoms with E-state index in [2.05, 4.69) is 5.32 Å². The van der Waals surface area contributed by atoms with E-state index in [1.54, 1.807) is 4.90 Å². The highest BCUT2D eigenvalue weighted by Gasteiger charge is 2.41. The SMILES string of the molecule is CC1CCc2c(OC3CCC3)c(/C(C=N)=C/NC3CC3)cc(F)c2N1C(=O)C1CC1. The minimum absolute atomic E-state index is 0.0169. The average Bonchev–Trinajstić information content (AvgIpc) is 3.60. The lowest BCUT2D eigenvalue weighted by molar-refractivity contribution is -0.120. The maximum atomic E-state index is 15.5. The van der Waals surface area contributed by atoms with Crippen LogP contribution in [0, 0.1) is 17.1 Å². The molecule has 6 heteroatoms. The van der Waals surface area contributed by atoms with Crippen molar-refractivity contribution in [3.63, 3.8) is 0 Å². The lowest BCUT2D eigenvalue weighted by Crippen LogP contribution is -2.44. The molecule has 3 aliphatic carbocycles. The number of ether oxygens (including phenoxy) is 1. The van der Waals surface area contributed by atoms with E-state index in [0.29, 0.717) is 35.0 Å². The molecule has 2 N–H and O–H groups in total. The largest absolute Gasteiger partial charge is 0.489 e. The number of rotatable bonds is 7. The van der Waals surface area contributed by atoms with Gasteiger partial charge in [-0.3, -0.25) is 4.79 Å². The van der Waals surface area contributed by atoms with Crippen LogP contribution in [0.3, 0.4) is 0 Å². The van der Waals surface area contributed by atoms with Crippen LogP contribution >= 0.6 is 0 Å². The molecule has 1 aromatic rings. The Hall–Kier alpha value is -2.37. The predicted molar refractivity (Wildman–Crippen MR) is 116 cm³/mol. The van der Waals surface area contributed by atoms with E-state index < -0.39 is 0 Å². The highest BCUT2D eigenvalue weighted by atomic mass is 19.1. The monoisotopic (exact) mass is 411 g/mol. The van der Waals surface area contributed by atoms with E-state index in [9.17, 15) is 4.79 Å².